The molecule has 1 heterocycles. The molecule has 0 amide bonds. The standard InChI is InChI=1S/C11H24N2O/c1-4-11(3,14)8-13-6-5-10(12)7-9(13)2/h9-10,14H,4-8,12H2,1-3H3. The molecule has 0 radical (unpaired) electrons. The highest BCUT2D eigenvalue weighted by Crippen LogP contribution is 2.20. The first-order chi connectivity index (χ1) is 6.44. The zero-order valence-corrected chi connectivity index (χ0v) is 9.66. The van der Waals surface area contributed by atoms with E-state index >= 15 is 0 Å². The Morgan fingerprint density at radius 1 is 1.57 bits per heavy atom. The largest absolute Gasteiger partial charge is 0.389 e. The Kier molecular flexibility index (Phi) is 3.93. The van der Waals surface area contributed by atoms with Crippen LogP contribution in [0.4, 0.5) is 0 Å². The molecule has 0 bridgehead atoms. The molecular formula is C11H24N2O. The van der Waals surface area contributed by atoms with Gasteiger partial charge < -0.3 is 10.8 Å². The molecule has 0 aliphatic carbocycles. The van der Waals surface area contributed by atoms with Gasteiger partial charge in [0.2, 0.25) is 0 Å². The molecule has 1 rings (SSSR count). The van der Waals surface area contributed by atoms with Crippen LogP contribution in [0.2, 0.25) is 0 Å². The Bertz CT molecular complexity index is 182. The number of nitrogens with zero attached hydrogens (tertiary/aromatic N) is 1. The van der Waals surface area contributed by atoms with Crippen molar-refractivity contribution in [2.75, 3.05) is 13.1 Å². The number of β-amino-alcohol motifs (C(OH)–C–C–N with tert-alkyl or cyclic N) is 1. The molecule has 1 saturated heterocycles. The molecule has 3 atom stereocenters. The van der Waals surface area contributed by atoms with E-state index in [1.807, 2.05) is 13.8 Å². The van der Waals surface area contributed by atoms with Gasteiger partial charge in [0.15, 0.2) is 0 Å². The molecular weight excluding hydrogens is 176 g/mol. The van der Waals surface area contributed by atoms with Gasteiger partial charge in [0.1, 0.15) is 0 Å². The van der Waals surface area contributed by atoms with E-state index in [0.29, 0.717) is 12.1 Å². The molecule has 1 fully saturated rings. The molecule has 0 spiro atoms. The fourth-order valence-electron chi connectivity index (χ4n) is 2.04. The van der Waals surface area contributed by atoms with Crippen molar-refractivity contribution < 1.29 is 5.11 Å². The summed E-state index contributed by atoms with van der Waals surface area (Å²) in [6, 6.07) is 0.865. The van der Waals surface area contributed by atoms with E-state index in [0.717, 1.165) is 32.4 Å². The number of rotatable bonds is 3. The summed E-state index contributed by atoms with van der Waals surface area (Å²) in [5, 5.41) is 9.99. The topological polar surface area (TPSA) is 49.5 Å². The summed E-state index contributed by atoms with van der Waals surface area (Å²) in [4.78, 5) is 2.35. The van der Waals surface area contributed by atoms with Crippen molar-refractivity contribution in [3.63, 3.8) is 0 Å². The van der Waals surface area contributed by atoms with Crippen molar-refractivity contribution in [2.45, 2.75) is 57.7 Å². The fraction of sp³-hybridized carbons (Fsp3) is 1.00. The van der Waals surface area contributed by atoms with E-state index in [1.54, 1.807) is 0 Å². The second-order valence-corrected chi connectivity index (χ2v) is 4.95. The summed E-state index contributed by atoms with van der Waals surface area (Å²) < 4.78 is 0. The smallest absolute Gasteiger partial charge is 0.0743 e. The van der Waals surface area contributed by atoms with Crippen LogP contribution in [0.5, 0.6) is 0 Å². The lowest BCUT2D eigenvalue weighted by atomic mass is 9.95. The van der Waals surface area contributed by atoms with E-state index in [4.69, 9.17) is 5.73 Å². The van der Waals surface area contributed by atoms with Gasteiger partial charge in [-0.25, -0.2) is 0 Å². The first-order valence-corrected chi connectivity index (χ1v) is 5.66. The van der Waals surface area contributed by atoms with Crippen molar-refractivity contribution >= 4 is 0 Å². The molecule has 1 aliphatic heterocycles. The molecule has 0 aromatic rings. The van der Waals surface area contributed by atoms with Crippen LogP contribution in [0.15, 0.2) is 0 Å². The lowest BCUT2D eigenvalue weighted by molar-refractivity contribution is -0.00520. The molecule has 3 nitrogen and oxygen atoms in total. The quantitative estimate of drug-likeness (QED) is 0.713. The second kappa shape index (κ2) is 4.60. The molecule has 84 valence electrons. The minimum absolute atomic E-state index is 0.354. The van der Waals surface area contributed by atoms with Crippen LogP contribution in [-0.2, 0) is 0 Å². The molecule has 1 aliphatic rings. The van der Waals surface area contributed by atoms with Gasteiger partial charge in [0, 0.05) is 25.2 Å². The van der Waals surface area contributed by atoms with Gasteiger partial charge in [-0.1, -0.05) is 6.92 Å². The van der Waals surface area contributed by atoms with E-state index < -0.39 is 5.60 Å². The average Bonchev–Trinajstić information content (AvgIpc) is 2.10. The summed E-state index contributed by atoms with van der Waals surface area (Å²) >= 11 is 0. The minimum atomic E-state index is -0.546. The van der Waals surface area contributed by atoms with Crippen molar-refractivity contribution in [3.8, 4) is 0 Å². The van der Waals surface area contributed by atoms with Crippen LogP contribution < -0.4 is 5.73 Å². The van der Waals surface area contributed by atoms with Gasteiger partial charge in [0.05, 0.1) is 5.60 Å². The number of piperidine rings is 1. The lowest BCUT2D eigenvalue weighted by Crippen LogP contribution is -2.51. The van der Waals surface area contributed by atoms with E-state index in [2.05, 4.69) is 11.8 Å². The highest BCUT2D eigenvalue weighted by atomic mass is 16.3. The normalized spacial score (nSPS) is 34.1. The lowest BCUT2D eigenvalue weighted by Gasteiger charge is -2.40. The van der Waals surface area contributed by atoms with E-state index in [9.17, 15) is 5.11 Å². The van der Waals surface area contributed by atoms with Gasteiger partial charge in [-0.3, -0.25) is 4.90 Å². The molecule has 14 heavy (non-hydrogen) atoms. The van der Waals surface area contributed by atoms with Crippen molar-refractivity contribution in [2.24, 2.45) is 5.73 Å². The SMILES string of the molecule is CCC(C)(O)CN1CCC(N)CC1C. The fourth-order valence-corrected chi connectivity index (χ4v) is 2.04. The Morgan fingerprint density at radius 2 is 2.21 bits per heavy atom. The van der Waals surface area contributed by atoms with Crippen LogP contribution in [0.1, 0.15) is 40.0 Å². The molecule has 3 heteroatoms. The predicted octanol–water partition coefficient (Wildman–Crippen LogP) is 0.959. The van der Waals surface area contributed by atoms with Crippen LogP contribution in [0.25, 0.3) is 0 Å². The van der Waals surface area contributed by atoms with E-state index in [-0.39, 0.29) is 0 Å². The first-order valence-electron chi connectivity index (χ1n) is 5.66. The predicted molar refractivity (Wildman–Crippen MR) is 59.2 cm³/mol. The Hall–Kier alpha value is -0.120. The Labute approximate surface area is 87.3 Å². The van der Waals surface area contributed by atoms with Crippen molar-refractivity contribution in [3.05, 3.63) is 0 Å². The number of nitrogens with two attached hydrogens (primary N) is 1. The number of likely N-dealkylation sites (tertiary alicyclic amines) is 1. The molecule has 0 aromatic heterocycles. The number of hydrogen-bond acceptors (Lipinski definition) is 3. The third-order valence-corrected chi connectivity index (χ3v) is 3.36. The van der Waals surface area contributed by atoms with Gasteiger partial charge >= 0.3 is 0 Å². The monoisotopic (exact) mass is 200 g/mol. The number of aliphatic hydroxyl groups is 1. The number of hydrogen-bond donors (Lipinski definition) is 2. The van der Waals surface area contributed by atoms with Crippen LogP contribution in [0, 0.1) is 0 Å². The van der Waals surface area contributed by atoms with Gasteiger partial charge in [0.25, 0.3) is 0 Å². The summed E-state index contributed by atoms with van der Waals surface area (Å²) in [6.45, 7) is 7.94. The Morgan fingerprint density at radius 3 is 2.71 bits per heavy atom. The zero-order valence-electron chi connectivity index (χ0n) is 9.66. The zero-order chi connectivity index (χ0) is 10.8. The van der Waals surface area contributed by atoms with Gasteiger partial charge in [-0.05, 0) is 33.1 Å². The average molecular weight is 200 g/mol. The third kappa shape index (κ3) is 3.23. The minimum Gasteiger partial charge on any atom is -0.389 e. The van der Waals surface area contributed by atoms with E-state index in [1.165, 1.54) is 0 Å². The molecule has 3 unspecified atom stereocenters. The van der Waals surface area contributed by atoms with Gasteiger partial charge in [-0.15, -0.1) is 0 Å². The maximum Gasteiger partial charge on any atom is 0.0743 e. The molecule has 0 saturated carbocycles. The molecule has 0 aromatic carbocycles. The van der Waals surface area contributed by atoms with Crippen LogP contribution in [-0.4, -0.2) is 40.8 Å². The van der Waals surface area contributed by atoms with Gasteiger partial charge in [-0.2, -0.15) is 0 Å². The second-order valence-electron chi connectivity index (χ2n) is 4.95. The van der Waals surface area contributed by atoms with Crippen molar-refractivity contribution in [1.82, 2.24) is 4.90 Å². The summed E-state index contributed by atoms with van der Waals surface area (Å²) in [5.41, 5.74) is 5.35. The maximum atomic E-state index is 9.99. The highest BCUT2D eigenvalue weighted by molar-refractivity contribution is 4.85. The highest BCUT2D eigenvalue weighted by Gasteiger charge is 2.28. The third-order valence-electron chi connectivity index (χ3n) is 3.36. The Balaban J connectivity index is 2.45. The van der Waals surface area contributed by atoms with Crippen LogP contribution in [0.3, 0.4) is 0 Å². The molecule has 3 N–H and O–H groups in total. The maximum absolute atomic E-state index is 9.99. The van der Waals surface area contributed by atoms with Crippen molar-refractivity contribution in [1.29, 1.82) is 0 Å². The summed E-state index contributed by atoms with van der Waals surface area (Å²) in [6.07, 6.45) is 2.92. The van der Waals surface area contributed by atoms with Crippen LogP contribution >= 0.6 is 0 Å². The first kappa shape index (κ1) is 12.0. The summed E-state index contributed by atoms with van der Waals surface area (Å²) in [5.74, 6) is 0. The summed E-state index contributed by atoms with van der Waals surface area (Å²) in [7, 11) is 0.